The molecule has 29 heavy (non-hydrogen) atoms. The van der Waals surface area contributed by atoms with E-state index in [4.69, 9.17) is 46.4 Å². The maximum absolute atomic E-state index is 12.8. The molecule has 1 fully saturated rings. The zero-order valence-corrected chi connectivity index (χ0v) is 18.3. The van der Waals surface area contributed by atoms with E-state index in [1.165, 1.54) is 0 Å². The van der Waals surface area contributed by atoms with Crippen LogP contribution in [-0.2, 0) is 6.54 Å². The van der Waals surface area contributed by atoms with Gasteiger partial charge in [0.05, 0.1) is 10.6 Å². The third kappa shape index (κ3) is 4.30. The van der Waals surface area contributed by atoms with Gasteiger partial charge in [0.2, 0.25) is 3.79 Å². The minimum atomic E-state index is -1.74. The fourth-order valence-electron chi connectivity index (χ4n) is 4.37. The number of nitrogens with zero attached hydrogens (tertiary/aromatic N) is 2. The summed E-state index contributed by atoms with van der Waals surface area (Å²) < 4.78 is 0.0990. The molecule has 1 amide bonds. The van der Waals surface area contributed by atoms with Crippen molar-refractivity contribution in [2.45, 2.75) is 28.8 Å². The molecule has 0 radical (unpaired) electrons. The second-order valence-corrected chi connectivity index (χ2v) is 10.3. The van der Waals surface area contributed by atoms with Crippen molar-refractivity contribution in [3.63, 3.8) is 0 Å². The fraction of sp³-hybridized carbons (Fsp3) is 0.400. The predicted molar refractivity (Wildman–Crippen MR) is 116 cm³/mol. The Kier molecular flexibility index (Phi) is 5.88. The van der Waals surface area contributed by atoms with Crippen molar-refractivity contribution in [3.05, 3.63) is 69.1 Å². The summed E-state index contributed by atoms with van der Waals surface area (Å²) in [7, 11) is 0. The quantitative estimate of drug-likeness (QED) is 0.682. The molecule has 2 aliphatic heterocycles. The summed E-state index contributed by atoms with van der Waals surface area (Å²) in [5.41, 5.74) is 1.32. The SMILES string of the molecule is O=C(N[C@H](N1C[C@@H]2C[C@@H](C1)c1cccc(=O)n1C2)C(Cl)(Cl)Cl)c1ccccc1Cl. The lowest BCUT2D eigenvalue weighted by atomic mass is 9.83. The molecule has 2 aromatic rings. The Morgan fingerprint density at radius 2 is 1.83 bits per heavy atom. The Morgan fingerprint density at radius 1 is 1.07 bits per heavy atom. The van der Waals surface area contributed by atoms with E-state index in [2.05, 4.69) is 5.32 Å². The number of piperidine rings is 1. The lowest BCUT2D eigenvalue weighted by Crippen LogP contribution is -2.60. The molecule has 0 saturated carbocycles. The zero-order chi connectivity index (χ0) is 20.8. The van der Waals surface area contributed by atoms with E-state index in [1.54, 1.807) is 36.4 Å². The Hall–Kier alpha value is -1.24. The van der Waals surface area contributed by atoms with Gasteiger partial charge in [-0.2, -0.15) is 0 Å². The van der Waals surface area contributed by atoms with Crippen LogP contribution in [0.3, 0.4) is 0 Å². The largest absolute Gasteiger partial charge is 0.332 e. The summed E-state index contributed by atoms with van der Waals surface area (Å²) >= 11 is 25.0. The number of alkyl halides is 3. The first-order valence-corrected chi connectivity index (χ1v) is 10.8. The molecule has 3 heterocycles. The standard InChI is InChI=1S/C20H19Cl4N3O2/c21-15-5-2-1-4-14(15)18(29)25-19(20(22,23)24)26-9-12-8-13(11-26)16-6-3-7-17(28)27(16)10-12/h1-7,12-13,19H,8-11H2,(H,25,29)/t12-,13-,19+/m0/s1. The van der Waals surface area contributed by atoms with E-state index in [1.807, 2.05) is 15.5 Å². The van der Waals surface area contributed by atoms with E-state index in [-0.39, 0.29) is 17.4 Å². The predicted octanol–water partition coefficient (Wildman–Crippen LogP) is 4.05. The van der Waals surface area contributed by atoms with Crippen molar-refractivity contribution in [2.24, 2.45) is 5.92 Å². The van der Waals surface area contributed by atoms with Crippen LogP contribution >= 0.6 is 46.4 Å². The first-order valence-electron chi connectivity index (χ1n) is 9.30. The van der Waals surface area contributed by atoms with Crippen LogP contribution < -0.4 is 10.9 Å². The lowest BCUT2D eigenvalue weighted by Gasteiger charge is -2.47. The van der Waals surface area contributed by atoms with Crippen molar-refractivity contribution >= 4 is 52.3 Å². The van der Waals surface area contributed by atoms with Gasteiger partial charge in [-0.3, -0.25) is 14.5 Å². The number of rotatable bonds is 3. The van der Waals surface area contributed by atoms with E-state index in [9.17, 15) is 9.59 Å². The topological polar surface area (TPSA) is 54.3 Å². The minimum absolute atomic E-state index is 0.00981. The number of aromatic nitrogens is 1. The second kappa shape index (κ2) is 8.12. The van der Waals surface area contributed by atoms with Gasteiger partial charge in [0.25, 0.3) is 11.5 Å². The van der Waals surface area contributed by atoms with Crippen LogP contribution in [-0.4, -0.2) is 38.4 Å². The summed E-state index contributed by atoms with van der Waals surface area (Å²) in [4.78, 5) is 27.0. The van der Waals surface area contributed by atoms with Gasteiger partial charge >= 0.3 is 0 Å². The number of halogens is 4. The van der Waals surface area contributed by atoms with Crippen LogP contribution in [0.15, 0.2) is 47.3 Å². The monoisotopic (exact) mass is 473 g/mol. The van der Waals surface area contributed by atoms with Gasteiger partial charge in [0.1, 0.15) is 6.17 Å². The molecular weight excluding hydrogens is 456 g/mol. The first kappa shape index (κ1) is 21.0. The molecule has 0 aliphatic carbocycles. The van der Waals surface area contributed by atoms with Crippen LogP contribution in [0.5, 0.6) is 0 Å². The van der Waals surface area contributed by atoms with E-state index < -0.39 is 15.9 Å². The van der Waals surface area contributed by atoms with Gasteiger partial charge in [-0.25, -0.2) is 0 Å². The molecule has 1 aromatic heterocycles. The van der Waals surface area contributed by atoms with E-state index in [0.29, 0.717) is 30.2 Å². The van der Waals surface area contributed by atoms with E-state index in [0.717, 1.165) is 12.1 Å². The molecule has 0 unspecified atom stereocenters. The van der Waals surface area contributed by atoms with Crippen LogP contribution in [0.2, 0.25) is 5.02 Å². The third-order valence-corrected chi connectivity index (χ3v) is 6.52. The van der Waals surface area contributed by atoms with Crippen LogP contribution in [0, 0.1) is 5.92 Å². The lowest BCUT2D eigenvalue weighted by molar-refractivity contribution is 0.0586. The number of amides is 1. The third-order valence-electron chi connectivity index (χ3n) is 5.57. The number of hydrogen-bond acceptors (Lipinski definition) is 3. The maximum Gasteiger partial charge on any atom is 0.254 e. The molecule has 9 heteroatoms. The van der Waals surface area contributed by atoms with Crippen molar-refractivity contribution < 1.29 is 4.79 Å². The van der Waals surface area contributed by atoms with Crippen LogP contribution in [0.4, 0.5) is 0 Å². The fourth-order valence-corrected chi connectivity index (χ4v) is 5.17. The molecule has 154 valence electrons. The first-order chi connectivity index (χ1) is 13.7. The highest BCUT2D eigenvalue weighted by Gasteiger charge is 2.44. The smallest absolute Gasteiger partial charge is 0.254 e. The van der Waals surface area contributed by atoms with Crippen molar-refractivity contribution in [3.8, 4) is 0 Å². The second-order valence-electron chi connectivity index (χ2n) is 7.55. The average Bonchev–Trinajstić information content (AvgIpc) is 2.66. The molecule has 1 N–H and O–H groups in total. The molecule has 0 spiro atoms. The Bertz CT molecular complexity index is 988. The molecule has 3 atom stereocenters. The summed E-state index contributed by atoms with van der Waals surface area (Å²) in [5.74, 6) is -0.0452. The van der Waals surface area contributed by atoms with Crippen molar-refractivity contribution in [2.75, 3.05) is 13.1 Å². The van der Waals surface area contributed by atoms with Crippen molar-refractivity contribution in [1.82, 2.24) is 14.8 Å². The Balaban J connectivity index is 1.60. The van der Waals surface area contributed by atoms with Gasteiger partial charge < -0.3 is 9.88 Å². The number of carbonyl (C=O) groups excluding carboxylic acids is 1. The maximum atomic E-state index is 12.8. The molecule has 5 nitrogen and oxygen atoms in total. The molecule has 1 saturated heterocycles. The molecular formula is C20H19Cl4N3O2. The number of benzene rings is 1. The van der Waals surface area contributed by atoms with Gasteiger partial charge in [-0.05, 0) is 30.5 Å². The van der Waals surface area contributed by atoms with Gasteiger partial charge in [0, 0.05) is 37.3 Å². The Morgan fingerprint density at radius 3 is 2.55 bits per heavy atom. The van der Waals surface area contributed by atoms with Crippen molar-refractivity contribution in [1.29, 1.82) is 0 Å². The number of likely N-dealkylation sites (tertiary alicyclic amines) is 1. The van der Waals surface area contributed by atoms with Crippen LogP contribution in [0.1, 0.15) is 28.4 Å². The highest BCUT2D eigenvalue weighted by molar-refractivity contribution is 6.68. The Labute approximate surface area is 188 Å². The number of nitrogens with one attached hydrogen (secondary N) is 1. The molecule has 2 bridgehead atoms. The highest BCUT2D eigenvalue weighted by atomic mass is 35.6. The van der Waals surface area contributed by atoms with E-state index >= 15 is 0 Å². The summed E-state index contributed by atoms with van der Waals surface area (Å²) in [6, 6.07) is 12.1. The van der Waals surface area contributed by atoms with Gasteiger partial charge in [-0.1, -0.05) is 64.6 Å². The minimum Gasteiger partial charge on any atom is -0.332 e. The van der Waals surface area contributed by atoms with Gasteiger partial charge in [-0.15, -0.1) is 0 Å². The number of pyridine rings is 1. The molecule has 4 rings (SSSR count). The molecule has 2 aliphatic rings. The highest BCUT2D eigenvalue weighted by Crippen LogP contribution is 2.40. The number of fused-ring (bicyclic) bond motifs is 4. The summed E-state index contributed by atoms with van der Waals surface area (Å²) in [6.45, 7) is 1.80. The average molecular weight is 475 g/mol. The van der Waals surface area contributed by atoms with Crippen LogP contribution in [0.25, 0.3) is 0 Å². The number of hydrogen-bond donors (Lipinski definition) is 1. The summed E-state index contributed by atoms with van der Waals surface area (Å²) in [6.07, 6.45) is 0.133. The normalized spacial score (nSPS) is 22.6. The number of carbonyl (C=O) groups is 1. The summed E-state index contributed by atoms with van der Waals surface area (Å²) in [5, 5.41) is 3.18. The molecule has 1 aromatic carbocycles. The van der Waals surface area contributed by atoms with Gasteiger partial charge in [0.15, 0.2) is 0 Å². The zero-order valence-electron chi connectivity index (χ0n) is 15.3.